The van der Waals surface area contributed by atoms with Gasteiger partial charge in [0.1, 0.15) is 0 Å². The number of nitrogens with zero attached hydrogens (tertiary/aromatic N) is 1. The van der Waals surface area contributed by atoms with Crippen molar-refractivity contribution in [2.75, 3.05) is 13.1 Å². The van der Waals surface area contributed by atoms with Crippen LogP contribution in [-0.4, -0.2) is 24.0 Å². The fourth-order valence-electron chi connectivity index (χ4n) is 1.20. The normalized spacial score (nSPS) is 10.0. The first kappa shape index (κ1) is 11.7. The van der Waals surface area contributed by atoms with Crippen LogP contribution in [-0.2, 0) is 11.3 Å². The molecule has 82 valence electrons. The van der Waals surface area contributed by atoms with Gasteiger partial charge in [-0.15, -0.1) is 0 Å². The Hall–Kier alpha value is -1.42. The number of aryl methyl sites for hydroxylation is 1. The number of carbonyl (C=O) groups is 1. The minimum absolute atomic E-state index is 0.0214. The fraction of sp³-hybridized carbons (Fsp3) is 0.455. The topological polar surface area (TPSA) is 54.0 Å². The van der Waals surface area contributed by atoms with Gasteiger partial charge in [-0.3, -0.25) is 9.78 Å². The minimum atomic E-state index is 0.0214. The molecule has 0 radical (unpaired) electrons. The molecule has 0 aliphatic heterocycles. The predicted molar refractivity (Wildman–Crippen MR) is 59.4 cm³/mol. The number of nitrogens with one attached hydrogen (secondary N) is 2. The van der Waals surface area contributed by atoms with E-state index in [1.807, 2.05) is 19.9 Å². The van der Waals surface area contributed by atoms with Gasteiger partial charge < -0.3 is 10.6 Å². The molecule has 0 aromatic carbocycles. The molecule has 0 aliphatic carbocycles. The third kappa shape index (κ3) is 4.08. The van der Waals surface area contributed by atoms with Crippen LogP contribution in [0.25, 0.3) is 0 Å². The van der Waals surface area contributed by atoms with Crippen molar-refractivity contribution in [3.63, 3.8) is 0 Å². The molecule has 0 fully saturated rings. The van der Waals surface area contributed by atoms with E-state index >= 15 is 0 Å². The van der Waals surface area contributed by atoms with Gasteiger partial charge in [0.05, 0.1) is 6.54 Å². The summed E-state index contributed by atoms with van der Waals surface area (Å²) in [5.41, 5.74) is 2.20. The van der Waals surface area contributed by atoms with E-state index in [0.29, 0.717) is 13.1 Å². The number of likely N-dealkylation sites (N-methyl/N-ethyl adjacent to an activating group) is 1. The van der Waals surface area contributed by atoms with Gasteiger partial charge in [0.2, 0.25) is 5.91 Å². The maximum atomic E-state index is 11.3. The number of carbonyl (C=O) groups excluding carboxylic acids is 1. The van der Waals surface area contributed by atoms with Gasteiger partial charge in [-0.25, -0.2) is 0 Å². The number of aromatic nitrogens is 1. The molecule has 0 spiro atoms. The summed E-state index contributed by atoms with van der Waals surface area (Å²) in [5.74, 6) is 0.0214. The molecule has 0 unspecified atom stereocenters. The van der Waals surface area contributed by atoms with Crippen molar-refractivity contribution in [1.82, 2.24) is 15.6 Å². The number of hydrogen-bond acceptors (Lipinski definition) is 3. The first-order chi connectivity index (χ1) is 7.24. The first-order valence-electron chi connectivity index (χ1n) is 5.11. The lowest BCUT2D eigenvalue weighted by atomic mass is 10.1. The molecule has 1 aromatic heterocycles. The molecule has 0 atom stereocenters. The van der Waals surface area contributed by atoms with Gasteiger partial charge in [-0.2, -0.15) is 0 Å². The lowest BCUT2D eigenvalue weighted by molar-refractivity contribution is -0.120. The van der Waals surface area contributed by atoms with Crippen molar-refractivity contribution in [3.8, 4) is 0 Å². The Labute approximate surface area is 90.1 Å². The Morgan fingerprint density at radius 1 is 1.53 bits per heavy atom. The van der Waals surface area contributed by atoms with Crippen LogP contribution < -0.4 is 10.6 Å². The average molecular weight is 207 g/mol. The predicted octanol–water partition coefficient (Wildman–Crippen LogP) is 0.616. The fourth-order valence-corrected chi connectivity index (χ4v) is 1.20. The molecule has 4 heteroatoms. The molecule has 2 N–H and O–H groups in total. The largest absolute Gasteiger partial charge is 0.351 e. The second-order valence-corrected chi connectivity index (χ2v) is 3.36. The van der Waals surface area contributed by atoms with E-state index in [-0.39, 0.29) is 5.91 Å². The Morgan fingerprint density at radius 3 is 3.00 bits per heavy atom. The zero-order chi connectivity index (χ0) is 11.1. The Bertz CT molecular complexity index is 325. The average Bonchev–Trinajstić information content (AvgIpc) is 2.25. The molecular weight excluding hydrogens is 190 g/mol. The van der Waals surface area contributed by atoms with Gasteiger partial charge >= 0.3 is 0 Å². The Kier molecular flexibility index (Phi) is 4.77. The van der Waals surface area contributed by atoms with E-state index in [2.05, 4.69) is 15.6 Å². The third-order valence-corrected chi connectivity index (χ3v) is 2.15. The highest BCUT2D eigenvalue weighted by Crippen LogP contribution is 2.03. The molecule has 1 heterocycles. The maximum absolute atomic E-state index is 11.3. The second kappa shape index (κ2) is 6.14. The molecule has 0 saturated heterocycles. The van der Waals surface area contributed by atoms with Crippen molar-refractivity contribution in [2.45, 2.75) is 20.4 Å². The highest BCUT2D eigenvalue weighted by molar-refractivity contribution is 5.77. The highest BCUT2D eigenvalue weighted by Gasteiger charge is 2.01. The van der Waals surface area contributed by atoms with Crippen LogP contribution in [0.4, 0.5) is 0 Å². The molecule has 0 bridgehead atoms. The molecule has 4 nitrogen and oxygen atoms in total. The van der Waals surface area contributed by atoms with E-state index in [4.69, 9.17) is 0 Å². The van der Waals surface area contributed by atoms with Crippen LogP contribution >= 0.6 is 0 Å². The molecular formula is C11H17N3O. The van der Waals surface area contributed by atoms with Crippen LogP contribution in [0.1, 0.15) is 18.1 Å². The lowest BCUT2D eigenvalue weighted by Crippen LogP contribution is -2.33. The van der Waals surface area contributed by atoms with Gasteiger partial charge in [-0.05, 0) is 30.7 Å². The van der Waals surface area contributed by atoms with Crippen LogP contribution in [0.2, 0.25) is 0 Å². The summed E-state index contributed by atoms with van der Waals surface area (Å²) >= 11 is 0. The van der Waals surface area contributed by atoms with Crippen molar-refractivity contribution < 1.29 is 4.79 Å². The van der Waals surface area contributed by atoms with Crippen LogP contribution in [0.5, 0.6) is 0 Å². The van der Waals surface area contributed by atoms with Crippen LogP contribution in [0, 0.1) is 6.92 Å². The molecule has 1 aromatic rings. The summed E-state index contributed by atoms with van der Waals surface area (Å²) < 4.78 is 0. The second-order valence-electron chi connectivity index (χ2n) is 3.36. The summed E-state index contributed by atoms with van der Waals surface area (Å²) in [6.07, 6.45) is 3.53. The molecule has 1 amide bonds. The SMILES string of the molecule is CCNCC(=O)NCc1ccncc1C. The van der Waals surface area contributed by atoms with Crippen molar-refractivity contribution in [3.05, 3.63) is 29.6 Å². The third-order valence-electron chi connectivity index (χ3n) is 2.15. The van der Waals surface area contributed by atoms with E-state index in [0.717, 1.165) is 17.7 Å². The van der Waals surface area contributed by atoms with Gasteiger partial charge in [0.15, 0.2) is 0 Å². The lowest BCUT2D eigenvalue weighted by Gasteiger charge is -2.07. The first-order valence-corrected chi connectivity index (χ1v) is 5.11. The number of amides is 1. The summed E-state index contributed by atoms with van der Waals surface area (Å²) in [7, 11) is 0. The van der Waals surface area contributed by atoms with Gasteiger partial charge in [0, 0.05) is 18.9 Å². The van der Waals surface area contributed by atoms with Gasteiger partial charge in [0.25, 0.3) is 0 Å². The molecule has 0 saturated carbocycles. The number of pyridine rings is 1. The monoisotopic (exact) mass is 207 g/mol. The van der Waals surface area contributed by atoms with E-state index in [9.17, 15) is 4.79 Å². The van der Waals surface area contributed by atoms with Crippen molar-refractivity contribution >= 4 is 5.91 Å². The smallest absolute Gasteiger partial charge is 0.234 e. The molecule has 15 heavy (non-hydrogen) atoms. The van der Waals surface area contributed by atoms with Crippen LogP contribution in [0.15, 0.2) is 18.5 Å². The zero-order valence-electron chi connectivity index (χ0n) is 9.21. The summed E-state index contributed by atoms with van der Waals surface area (Å²) in [6, 6.07) is 1.92. The van der Waals surface area contributed by atoms with Crippen molar-refractivity contribution in [2.24, 2.45) is 0 Å². The van der Waals surface area contributed by atoms with Crippen molar-refractivity contribution in [1.29, 1.82) is 0 Å². The van der Waals surface area contributed by atoms with E-state index in [1.165, 1.54) is 0 Å². The summed E-state index contributed by atoms with van der Waals surface area (Å²) in [4.78, 5) is 15.3. The quantitative estimate of drug-likeness (QED) is 0.744. The maximum Gasteiger partial charge on any atom is 0.234 e. The zero-order valence-corrected chi connectivity index (χ0v) is 9.21. The highest BCUT2D eigenvalue weighted by atomic mass is 16.1. The Morgan fingerprint density at radius 2 is 2.33 bits per heavy atom. The van der Waals surface area contributed by atoms with Gasteiger partial charge in [-0.1, -0.05) is 6.92 Å². The Balaban J connectivity index is 2.37. The van der Waals surface area contributed by atoms with Crippen LogP contribution in [0.3, 0.4) is 0 Å². The number of hydrogen-bond donors (Lipinski definition) is 2. The standard InChI is InChI=1S/C11H17N3O/c1-3-12-8-11(15)14-7-10-4-5-13-6-9(10)2/h4-6,12H,3,7-8H2,1-2H3,(H,14,15). The summed E-state index contributed by atoms with van der Waals surface area (Å²) in [6.45, 7) is 5.71. The molecule has 0 aliphatic rings. The van der Waals surface area contributed by atoms with E-state index < -0.39 is 0 Å². The summed E-state index contributed by atoms with van der Waals surface area (Å²) in [5, 5.41) is 5.82. The number of rotatable bonds is 5. The minimum Gasteiger partial charge on any atom is -0.351 e. The molecule has 1 rings (SSSR count). The van der Waals surface area contributed by atoms with E-state index in [1.54, 1.807) is 12.4 Å².